The van der Waals surface area contributed by atoms with Crippen molar-refractivity contribution in [3.63, 3.8) is 0 Å². The molecule has 0 atom stereocenters. The Balaban J connectivity index is 1.18. The van der Waals surface area contributed by atoms with E-state index in [0.717, 1.165) is 49.8 Å². The molecule has 1 amide bonds. The van der Waals surface area contributed by atoms with Crippen LogP contribution in [0.4, 0.5) is 5.69 Å². The monoisotopic (exact) mass is 523 g/mol. The number of rotatable bonds is 9. The summed E-state index contributed by atoms with van der Waals surface area (Å²) in [6.07, 6.45) is 3.28. The van der Waals surface area contributed by atoms with Gasteiger partial charge in [0, 0.05) is 40.0 Å². The van der Waals surface area contributed by atoms with Gasteiger partial charge < -0.3 is 14.8 Å². The van der Waals surface area contributed by atoms with Gasteiger partial charge in [-0.2, -0.15) is 0 Å². The first-order chi connectivity index (χ1) is 17.7. The van der Waals surface area contributed by atoms with Crippen molar-refractivity contribution in [3.05, 3.63) is 52.6 Å². The lowest BCUT2D eigenvalue weighted by molar-refractivity contribution is -0.122. The summed E-state index contributed by atoms with van der Waals surface area (Å²) in [5, 5.41) is 3.06. The maximum Gasteiger partial charge on any atom is 0.331 e. The van der Waals surface area contributed by atoms with E-state index in [0.29, 0.717) is 30.1 Å². The Hall–Kier alpha value is -2.95. The normalized spacial score (nSPS) is 17.4. The van der Waals surface area contributed by atoms with Gasteiger partial charge in [-0.3, -0.25) is 18.8 Å². The summed E-state index contributed by atoms with van der Waals surface area (Å²) in [7, 11) is 0.527. The van der Waals surface area contributed by atoms with Gasteiger partial charge >= 0.3 is 5.69 Å². The number of anilines is 1. The number of amides is 1. The summed E-state index contributed by atoms with van der Waals surface area (Å²) in [6.45, 7) is 10.7. The Bertz CT molecular complexity index is 1350. The van der Waals surface area contributed by atoms with Crippen molar-refractivity contribution in [1.82, 2.24) is 19.0 Å². The number of hydrogen-bond donors (Lipinski definition) is 1. The Morgan fingerprint density at radius 2 is 1.86 bits per heavy atom. The maximum atomic E-state index is 12.8. The highest BCUT2D eigenvalue weighted by molar-refractivity contribution is 6.76. The van der Waals surface area contributed by atoms with E-state index in [2.05, 4.69) is 40.9 Å². The first kappa shape index (κ1) is 25.7. The smallest absolute Gasteiger partial charge is 0.331 e. The van der Waals surface area contributed by atoms with Crippen LogP contribution in [0, 0.1) is 0 Å². The van der Waals surface area contributed by atoms with Crippen molar-refractivity contribution >= 4 is 30.8 Å². The van der Waals surface area contributed by atoms with Crippen molar-refractivity contribution < 1.29 is 14.3 Å². The topological polar surface area (TPSA) is 90.6 Å². The third kappa shape index (κ3) is 5.10. The van der Waals surface area contributed by atoms with Crippen LogP contribution in [0.1, 0.15) is 18.4 Å². The van der Waals surface area contributed by atoms with Crippen LogP contribution in [0.25, 0.3) is 11.2 Å². The number of carbonyl (C=O) groups excluding carboxylic acids is 1. The molecule has 0 bridgehead atoms. The standard InChI is InChI=1S/C27H37N5O4Si/c1-30-24-23(32(26(30)34)19-35-15-16-37(2,3)4)17-20(18-28-24)36-14-13-31-11-9-27(10-12-31)21-7-5-6-8-22(21)29-25(27)33/h5-8,17-18H,9-16,19H2,1-4H3,(H,29,33). The molecule has 1 spiro atoms. The van der Waals surface area contributed by atoms with Gasteiger partial charge in [-0.25, -0.2) is 9.78 Å². The van der Waals surface area contributed by atoms with Crippen molar-refractivity contribution in [3.8, 4) is 5.75 Å². The van der Waals surface area contributed by atoms with Crippen LogP contribution in [0.15, 0.2) is 41.3 Å². The average Bonchev–Trinajstić information content (AvgIpc) is 3.27. The second-order valence-electron chi connectivity index (χ2n) is 11.4. The van der Waals surface area contributed by atoms with Gasteiger partial charge in [0.1, 0.15) is 19.1 Å². The van der Waals surface area contributed by atoms with Gasteiger partial charge in [0.2, 0.25) is 5.91 Å². The number of para-hydroxylation sites is 1. The summed E-state index contributed by atoms with van der Waals surface area (Å²) < 4.78 is 15.1. The minimum Gasteiger partial charge on any atom is -0.491 e. The Kier molecular flexibility index (Phi) is 6.99. The molecule has 2 aromatic heterocycles. The van der Waals surface area contributed by atoms with Gasteiger partial charge in [0.05, 0.1) is 17.1 Å². The molecule has 198 valence electrons. The molecule has 10 heteroatoms. The predicted octanol–water partition coefficient (Wildman–Crippen LogP) is 3.41. The highest BCUT2D eigenvalue weighted by Crippen LogP contribution is 2.44. The molecule has 2 aliphatic heterocycles. The highest BCUT2D eigenvalue weighted by atomic mass is 28.3. The molecule has 4 heterocycles. The number of nitrogens with zero attached hydrogens (tertiary/aromatic N) is 4. The second-order valence-corrected chi connectivity index (χ2v) is 17.0. The number of fused-ring (bicyclic) bond motifs is 3. The molecule has 1 aromatic carbocycles. The molecule has 5 rings (SSSR count). The number of benzene rings is 1. The van der Waals surface area contributed by atoms with Crippen molar-refractivity contribution in [2.24, 2.45) is 7.05 Å². The zero-order chi connectivity index (χ0) is 26.2. The minimum atomic E-state index is -1.20. The van der Waals surface area contributed by atoms with Gasteiger partial charge in [0.15, 0.2) is 5.65 Å². The second kappa shape index (κ2) is 10.1. The predicted molar refractivity (Wildman–Crippen MR) is 147 cm³/mol. The SMILES string of the molecule is Cn1c(=O)n(COCC[Si](C)(C)C)c2cc(OCCN3CCC4(CC3)C(=O)Nc3ccccc34)cnc21. The lowest BCUT2D eigenvalue weighted by Gasteiger charge is -2.37. The van der Waals surface area contributed by atoms with Crippen LogP contribution in [-0.4, -0.2) is 65.8 Å². The molecule has 2 aliphatic rings. The third-order valence-electron chi connectivity index (χ3n) is 7.68. The largest absolute Gasteiger partial charge is 0.491 e. The molecule has 1 saturated heterocycles. The van der Waals surface area contributed by atoms with E-state index in [1.807, 2.05) is 24.3 Å². The van der Waals surface area contributed by atoms with E-state index in [4.69, 9.17) is 9.47 Å². The highest BCUT2D eigenvalue weighted by Gasteiger charge is 2.48. The number of piperidine rings is 1. The van der Waals surface area contributed by atoms with Crippen molar-refractivity contribution in [2.45, 2.75) is 50.7 Å². The number of aryl methyl sites for hydroxylation is 1. The zero-order valence-electron chi connectivity index (χ0n) is 22.2. The van der Waals surface area contributed by atoms with Gasteiger partial charge in [-0.05, 0) is 43.6 Å². The summed E-state index contributed by atoms with van der Waals surface area (Å²) >= 11 is 0. The van der Waals surface area contributed by atoms with E-state index in [1.165, 1.54) is 0 Å². The molecular formula is C27H37N5O4Si. The lowest BCUT2D eigenvalue weighted by Crippen LogP contribution is -2.47. The lowest BCUT2D eigenvalue weighted by atomic mass is 9.74. The summed E-state index contributed by atoms with van der Waals surface area (Å²) in [5.74, 6) is 0.758. The number of pyridine rings is 1. The quantitative estimate of drug-likeness (QED) is 0.342. The molecule has 0 unspecified atom stereocenters. The number of nitrogens with one attached hydrogen (secondary N) is 1. The number of hydrogen-bond acceptors (Lipinski definition) is 6. The molecule has 37 heavy (non-hydrogen) atoms. The van der Waals surface area contributed by atoms with Crippen LogP contribution in [0.2, 0.25) is 25.7 Å². The third-order valence-corrected chi connectivity index (χ3v) is 9.38. The van der Waals surface area contributed by atoms with E-state index >= 15 is 0 Å². The Morgan fingerprint density at radius 3 is 2.62 bits per heavy atom. The Labute approximate surface area is 218 Å². The van der Waals surface area contributed by atoms with E-state index < -0.39 is 13.5 Å². The fourth-order valence-corrected chi connectivity index (χ4v) is 6.07. The fourth-order valence-electron chi connectivity index (χ4n) is 5.32. The van der Waals surface area contributed by atoms with Crippen molar-refractivity contribution in [1.29, 1.82) is 0 Å². The molecule has 1 N–H and O–H groups in total. The minimum absolute atomic E-state index is 0.127. The molecule has 3 aromatic rings. The van der Waals surface area contributed by atoms with Gasteiger partial charge in [0.25, 0.3) is 0 Å². The first-order valence-electron chi connectivity index (χ1n) is 13.1. The van der Waals surface area contributed by atoms with E-state index in [9.17, 15) is 9.59 Å². The Morgan fingerprint density at radius 1 is 1.11 bits per heavy atom. The molecule has 0 saturated carbocycles. The van der Waals surface area contributed by atoms with Gasteiger partial charge in [-0.1, -0.05) is 37.8 Å². The van der Waals surface area contributed by atoms with Crippen LogP contribution >= 0.6 is 0 Å². The molecule has 1 fully saturated rings. The van der Waals surface area contributed by atoms with Crippen LogP contribution < -0.4 is 15.7 Å². The molecule has 0 radical (unpaired) electrons. The van der Waals surface area contributed by atoms with E-state index in [1.54, 1.807) is 22.4 Å². The maximum absolute atomic E-state index is 12.8. The van der Waals surface area contributed by atoms with Crippen molar-refractivity contribution in [2.75, 3.05) is 38.2 Å². The average molecular weight is 524 g/mol. The zero-order valence-corrected chi connectivity index (χ0v) is 23.2. The fraction of sp³-hybridized carbons (Fsp3) is 0.519. The number of carbonyl (C=O) groups is 1. The molecule has 9 nitrogen and oxygen atoms in total. The van der Waals surface area contributed by atoms with E-state index in [-0.39, 0.29) is 18.3 Å². The summed E-state index contributed by atoms with van der Waals surface area (Å²) in [4.78, 5) is 32.4. The van der Waals surface area contributed by atoms with Crippen LogP contribution in [-0.2, 0) is 28.7 Å². The number of aromatic nitrogens is 3. The van der Waals surface area contributed by atoms with Gasteiger partial charge in [-0.15, -0.1) is 0 Å². The molecular weight excluding hydrogens is 486 g/mol. The summed E-state index contributed by atoms with van der Waals surface area (Å²) in [5.41, 5.74) is 2.86. The molecule has 0 aliphatic carbocycles. The summed E-state index contributed by atoms with van der Waals surface area (Å²) in [6, 6.07) is 11.0. The number of ether oxygens (including phenoxy) is 2. The van der Waals surface area contributed by atoms with Crippen LogP contribution in [0.5, 0.6) is 5.75 Å². The number of likely N-dealkylation sites (tertiary alicyclic amines) is 1. The first-order valence-corrected chi connectivity index (χ1v) is 16.8. The number of imidazole rings is 1. The van der Waals surface area contributed by atoms with Crippen LogP contribution in [0.3, 0.4) is 0 Å².